The van der Waals surface area contributed by atoms with Gasteiger partial charge in [-0.3, -0.25) is 9.59 Å². The highest BCUT2D eigenvalue weighted by Gasteiger charge is 2.10. The molecule has 0 saturated heterocycles. The third kappa shape index (κ3) is 7.30. The van der Waals surface area contributed by atoms with Crippen molar-refractivity contribution in [3.8, 4) is 5.69 Å². The average molecular weight is 458 g/mol. The van der Waals surface area contributed by atoms with Crippen molar-refractivity contribution in [1.29, 1.82) is 0 Å². The first kappa shape index (κ1) is 24.2. The predicted molar refractivity (Wildman–Crippen MR) is 116 cm³/mol. The van der Waals surface area contributed by atoms with Crippen LogP contribution in [0.5, 0.6) is 0 Å². The summed E-state index contributed by atoms with van der Waals surface area (Å²) in [4.78, 5) is 24.4. The number of methoxy groups -OCH3 is 1. The van der Waals surface area contributed by atoms with Gasteiger partial charge in [-0.15, -0.1) is 0 Å². The number of esters is 1. The zero-order valence-electron chi connectivity index (χ0n) is 18.1. The standard InChI is InChI=1S/C24H24F2N2O5/c1-31-9-10-32-11-12-33-24(30)15-18-4-2-3-17(13-18)14-22-23(29)7-8-28(27-22)19-5-6-20(25)21(26)16-19/h2-8,13,16H,9-12,14-15H2,1H3. The fraction of sp³-hybridized carbons (Fsp3) is 0.292. The molecule has 0 aliphatic rings. The molecule has 1 aromatic heterocycles. The Kier molecular flexibility index (Phi) is 8.79. The second kappa shape index (κ2) is 12.0. The van der Waals surface area contributed by atoms with Crippen molar-refractivity contribution >= 4 is 5.97 Å². The molecular formula is C24H24F2N2O5. The van der Waals surface area contributed by atoms with E-state index in [1.807, 2.05) is 6.07 Å². The van der Waals surface area contributed by atoms with Crippen molar-refractivity contribution in [3.63, 3.8) is 0 Å². The van der Waals surface area contributed by atoms with Gasteiger partial charge in [0.2, 0.25) is 5.43 Å². The van der Waals surface area contributed by atoms with E-state index in [9.17, 15) is 18.4 Å². The van der Waals surface area contributed by atoms with Gasteiger partial charge in [-0.25, -0.2) is 13.5 Å². The first-order valence-electron chi connectivity index (χ1n) is 10.3. The van der Waals surface area contributed by atoms with E-state index in [1.54, 1.807) is 25.3 Å². The van der Waals surface area contributed by atoms with E-state index in [2.05, 4.69) is 5.10 Å². The zero-order chi connectivity index (χ0) is 23.6. The fourth-order valence-electron chi connectivity index (χ4n) is 3.06. The zero-order valence-corrected chi connectivity index (χ0v) is 18.1. The van der Waals surface area contributed by atoms with Gasteiger partial charge in [0.15, 0.2) is 11.6 Å². The summed E-state index contributed by atoms with van der Waals surface area (Å²) in [5, 5.41) is 4.27. The highest BCUT2D eigenvalue weighted by molar-refractivity contribution is 5.72. The van der Waals surface area contributed by atoms with Crippen LogP contribution in [0.25, 0.3) is 5.69 Å². The summed E-state index contributed by atoms with van der Waals surface area (Å²) < 4.78 is 43.3. The van der Waals surface area contributed by atoms with Crippen LogP contribution in [0, 0.1) is 11.6 Å². The van der Waals surface area contributed by atoms with Crippen LogP contribution in [0.2, 0.25) is 0 Å². The minimum atomic E-state index is -1.00. The second-order valence-electron chi connectivity index (χ2n) is 7.17. The van der Waals surface area contributed by atoms with Crippen molar-refractivity contribution < 1.29 is 27.8 Å². The van der Waals surface area contributed by atoms with Gasteiger partial charge in [0.1, 0.15) is 12.3 Å². The molecule has 0 atom stereocenters. The molecule has 0 spiro atoms. The van der Waals surface area contributed by atoms with Gasteiger partial charge in [0.25, 0.3) is 0 Å². The molecule has 0 aliphatic heterocycles. The summed E-state index contributed by atoms with van der Waals surface area (Å²) >= 11 is 0. The minimum absolute atomic E-state index is 0.0766. The van der Waals surface area contributed by atoms with Crippen LogP contribution in [-0.4, -0.2) is 49.3 Å². The molecule has 0 amide bonds. The Morgan fingerprint density at radius 2 is 1.76 bits per heavy atom. The maximum Gasteiger partial charge on any atom is 0.310 e. The summed E-state index contributed by atoms with van der Waals surface area (Å²) in [6, 6.07) is 11.9. The summed E-state index contributed by atoms with van der Waals surface area (Å²) in [7, 11) is 1.58. The Morgan fingerprint density at radius 1 is 0.970 bits per heavy atom. The molecule has 0 fully saturated rings. The van der Waals surface area contributed by atoms with Gasteiger partial charge in [0.05, 0.1) is 31.9 Å². The van der Waals surface area contributed by atoms with Crippen LogP contribution in [0.4, 0.5) is 8.78 Å². The quantitative estimate of drug-likeness (QED) is 0.325. The molecule has 33 heavy (non-hydrogen) atoms. The molecule has 0 bridgehead atoms. The van der Waals surface area contributed by atoms with E-state index >= 15 is 0 Å². The summed E-state index contributed by atoms with van der Waals surface area (Å²) in [6.45, 7) is 1.35. The van der Waals surface area contributed by atoms with Crippen LogP contribution in [0.3, 0.4) is 0 Å². The largest absolute Gasteiger partial charge is 0.463 e. The smallest absolute Gasteiger partial charge is 0.310 e. The van der Waals surface area contributed by atoms with Gasteiger partial charge in [0, 0.05) is 31.9 Å². The Labute approximate surface area is 189 Å². The molecule has 2 aromatic carbocycles. The maximum atomic E-state index is 13.6. The number of carbonyl (C=O) groups excluding carboxylic acids is 1. The summed E-state index contributed by atoms with van der Waals surface area (Å²) in [5.74, 6) is -2.36. The number of ether oxygens (including phenoxy) is 3. The van der Waals surface area contributed by atoms with Crippen LogP contribution in [0.1, 0.15) is 16.8 Å². The van der Waals surface area contributed by atoms with E-state index < -0.39 is 11.6 Å². The number of aromatic nitrogens is 2. The molecule has 0 saturated carbocycles. The van der Waals surface area contributed by atoms with E-state index in [-0.39, 0.29) is 42.2 Å². The molecular weight excluding hydrogens is 434 g/mol. The molecule has 3 rings (SSSR count). The maximum absolute atomic E-state index is 13.6. The van der Waals surface area contributed by atoms with Gasteiger partial charge < -0.3 is 14.2 Å². The second-order valence-corrected chi connectivity index (χ2v) is 7.17. The van der Waals surface area contributed by atoms with Crippen molar-refractivity contribution in [1.82, 2.24) is 9.78 Å². The first-order valence-corrected chi connectivity index (χ1v) is 10.3. The van der Waals surface area contributed by atoms with Crippen LogP contribution in [0.15, 0.2) is 59.5 Å². The van der Waals surface area contributed by atoms with E-state index in [0.29, 0.717) is 19.8 Å². The van der Waals surface area contributed by atoms with Crippen molar-refractivity contribution in [2.24, 2.45) is 0 Å². The summed E-state index contributed by atoms with van der Waals surface area (Å²) in [6.07, 6.45) is 1.68. The molecule has 0 unspecified atom stereocenters. The lowest BCUT2D eigenvalue weighted by Gasteiger charge is -2.09. The highest BCUT2D eigenvalue weighted by Crippen LogP contribution is 2.13. The number of carbonyl (C=O) groups is 1. The summed E-state index contributed by atoms with van der Waals surface area (Å²) in [5.41, 5.74) is 1.74. The third-order valence-electron chi connectivity index (χ3n) is 4.68. The van der Waals surface area contributed by atoms with Gasteiger partial charge in [-0.05, 0) is 23.3 Å². The van der Waals surface area contributed by atoms with E-state index in [0.717, 1.165) is 23.3 Å². The minimum Gasteiger partial charge on any atom is -0.463 e. The molecule has 3 aromatic rings. The fourth-order valence-corrected chi connectivity index (χ4v) is 3.06. The van der Waals surface area contributed by atoms with Crippen LogP contribution in [-0.2, 0) is 31.8 Å². The number of nitrogens with zero attached hydrogens (tertiary/aromatic N) is 2. The first-order chi connectivity index (χ1) is 16.0. The molecule has 0 aliphatic carbocycles. The number of hydrogen-bond acceptors (Lipinski definition) is 6. The number of halogens is 2. The highest BCUT2D eigenvalue weighted by atomic mass is 19.2. The lowest BCUT2D eigenvalue weighted by molar-refractivity contribution is -0.144. The Hall–Kier alpha value is -3.43. The third-order valence-corrected chi connectivity index (χ3v) is 4.68. The molecule has 0 N–H and O–H groups in total. The van der Waals surface area contributed by atoms with Gasteiger partial charge in [-0.1, -0.05) is 24.3 Å². The normalized spacial score (nSPS) is 10.9. The molecule has 1 heterocycles. The Balaban J connectivity index is 1.63. The van der Waals surface area contributed by atoms with Crippen molar-refractivity contribution in [2.45, 2.75) is 12.8 Å². The van der Waals surface area contributed by atoms with Crippen LogP contribution >= 0.6 is 0 Å². The monoisotopic (exact) mass is 458 g/mol. The van der Waals surface area contributed by atoms with E-state index in [4.69, 9.17) is 14.2 Å². The van der Waals surface area contributed by atoms with Crippen LogP contribution < -0.4 is 5.43 Å². The molecule has 0 radical (unpaired) electrons. The molecule has 9 heteroatoms. The lowest BCUT2D eigenvalue weighted by Crippen LogP contribution is -2.16. The van der Waals surface area contributed by atoms with Crippen molar-refractivity contribution in [3.05, 3.63) is 93.4 Å². The molecule has 7 nitrogen and oxygen atoms in total. The molecule has 174 valence electrons. The number of hydrogen-bond donors (Lipinski definition) is 0. The van der Waals surface area contributed by atoms with E-state index in [1.165, 1.54) is 23.0 Å². The van der Waals surface area contributed by atoms with Crippen molar-refractivity contribution in [2.75, 3.05) is 33.5 Å². The lowest BCUT2D eigenvalue weighted by atomic mass is 10.0. The van der Waals surface area contributed by atoms with Gasteiger partial charge in [-0.2, -0.15) is 5.10 Å². The number of benzene rings is 2. The SMILES string of the molecule is COCCOCCOC(=O)Cc1cccc(Cc2nn(-c3ccc(F)c(F)c3)ccc2=O)c1. The number of rotatable bonds is 11. The topological polar surface area (TPSA) is 79.7 Å². The predicted octanol–water partition coefficient (Wildman–Crippen LogP) is 2.85. The average Bonchev–Trinajstić information content (AvgIpc) is 2.80. The van der Waals surface area contributed by atoms with Gasteiger partial charge >= 0.3 is 5.97 Å². The Morgan fingerprint density at radius 3 is 2.55 bits per heavy atom. The Bertz CT molecular complexity index is 1150.